The lowest BCUT2D eigenvalue weighted by Gasteiger charge is -2.49. The molecule has 144 valence electrons. The molecule has 1 fully saturated rings. The second-order valence-corrected chi connectivity index (χ2v) is 7.68. The van der Waals surface area contributed by atoms with E-state index in [2.05, 4.69) is 54.5 Å². The van der Waals surface area contributed by atoms with Crippen LogP contribution in [0.25, 0.3) is 0 Å². The lowest BCUT2D eigenvalue weighted by molar-refractivity contribution is -0.150. The Kier molecular flexibility index (Phi) is 4.50. The smallest absolute Gasteiger partial charge is 0.310 e. The predicted octanol–water partition coefficient (Wildman–Crippen LogP) is 2.67. The molecule has 1 aliphatic carbocycles. The van der Waals surface area contributed by atoms with Gasteiger partial charge in [0.25, 0.3) is 0 Å². The molecule has 1 saturated heterocycles. The molecule has 0 radical (unpaired) electrons. The molecule has 2 aliphatic heterocycles. The summed E-state index contributed by atoms with van der Waals surface area (Å²) in [5, 5.41) is 3.57. The normalized spacial score (nSPS) is 33.1. The third kappa shape index (κ3) is 2.44. The lowest BCUT2D eigenvalue weighted by atomic mass is 9.56. The Labute approximate surface area is 161 Å². The Bertz CT molecular complexity index is 816. The maximum Gasteiger partial charge on any atom is 0.310 e. The molecule has 2 bridgehead atoms. The maximum absolute atomic E-state index is 13.1. The molecule has 1 aromatic rings. The number of hydrogen-bond donors (Lipinski definition) is 1. The number of fused-ring (bicyclic) bond motifs is 2. The zero-order valence-electron chi connectivity index (χ0n) is 16.5. The van der Waals surface area contributed by atoms with Crippen LogP contribution >= 0.6 is 0 Å². The topological polar surface area (TPSA) is 50.8 Å². The molecule has 5 nitrogen and oxygen atoms in total. The number of carbonyl (C=O) groups excluding carboxylic acids is 1. The number of likely N-dealkylation sites (N-methyl/N-ethyl adjacent to an activating group) is 1. The average molecular weight is 368 g/mol. The number of nitrogens with one attached hydrogen (secondary N) is 1. The van der Waals surface area contributed by atoms with Gasteiger partial charge in [-0.15, -0.1) is 0 Å². The highest BCUT2D eigenvalue weighted by Gasteiger charge is 2.60. The first-order valence-electron chi connectivity index (χ1n) is 9.61. The van der Waals surface area contributed by atoms with Crippen LogP contribution in [0, 0.1) is 11.8 Å². The number of ether oxygens (including phenoxy) is 2. The summed E-state index contributed by atoms with van der Waals surface area (Å²) >= 11 is 0. The number of nitrogens with zero attached hydrogens (tertiary/aromatic N) is 1. The van der Waals surface area contributed by atoms with E-state index >= 15 is 0 Å². The highest BCUT2D eigenvalue weighted by atomic mass is 16.5. The van der Waals surface area contributed by atoms with E-state index in [9.17, 15) is 4.79 Å². The fourth-order valence-electron chi connectivity index (χ4n) is 5.49. The summed E-state index contributed by atoms with van der Waals surface area (Å²) < 4.78 is 10.8. The van der Waals surface area contributed by atoms with Crippen LogP contribution in [-0.2, 0) is 14.9 Å². The van der Waals surface area contributed by atoms with Gasteiger partial charge in [-0.1, -0.05) is 29.9 Å². The van der Waals surface area contributed by atoms with Crippen molar-refractivity contribution in [3.05, 3.63) is 47.6 Å². The third-order valence-electron chi connectivity index (χ3n) is 6.74. The molecule has 4 atom stereocenters. The zero-order valence-corrected chi connectivity index (χ0v) is 16.5. The molecule has 3 aliphatic rings. The second kappa shape index (κ2) is 6.71. The van der Waals surface area contributed by atoms with Crippen molar-refractivity contribution in [3.8, 4) is 5.75 Å². The second-order valence-electron chi connectivity index (χ2n) is 7.68. The molecule has 4 rings (SSSR count). The summed E-state index contributed by atoms with van der Waals surface area (Å²) in [6.07, 6.45) is 7.54. The molecule has 0 unspecified atom stereocenters. The van der Waals surface area contributed by atoms with Gasteiger partial charge in [-0.3, -0.25) is 4.79 Å². The summed E-state index contributed by atoms with van der Waals surface area (Å²) in [4.78, 5) is 15.4. The molecule has 0 amide bonds. The number of anilines is 1. The minimum Gasteiger partial charge on any atom is -0.497 e. The van der Waals surface area contributed by atoms with Crippen molar-refractivity contribution in [2.45, 2.75) is 24.8 Å². The van der Waals surface area contributed by atoms with Gasteiger partial charge in [0.15, 0.2) is 0 Å². The van der Waals surface area contributed by atoms with Gasteiger partial charge in [-0.2, -0.15) is 0 Å². The molecule has 1 spiro atoms. The Morgan fingerprint density at radius 3 is 2.85 bits per heavy atom. The predicted molar refractivity (Wildman–Crippen MR) is 106 cm³/mol. The first kappa shape index (κ1) is 18.1. The Morgan fingerprint density at radius 1 is 1.33 bits per heavy atom. The summed E-state index contributed by atoms with van der Waals surface area (Å²) in [6, 6.07) is 6.36. The van der Waals surface area contributed by atoms with Gasteiger partial charge in [0, 0.05) is 36.7 Å². The van der Waals surface area contributed by atoms with Crippen LogP contribution < -0.4 is 15.0 Å². The van der Waals surface area contributed by atoms with Gasteiger partial charge >= 0.3 is 5.97 Å². The molecule has 0 saturated carbocycles. The van der Waals surface area contributed by atoms with Crippen molar-refractivity contribution in [1.82, 2.24) is 5.32 Å². The number of benzene rings is 1. The number of hydrogen-bond acceptors (Lipinski definition) is 5. The monoisotopic (exact) mass is 368 g/mol. The van der Waals surface area contributed by atoms with Crippen molar-refractivity contribution < 1.29 is 14.3 Å². The van der Waals surface area contributed by atoms with Crippen molar-refractivity contribution in [2.75, 3.05) is 39.3 Å². The fraction of sp³-hybridized carbons (Fsp3) is 0.500. The minimum absolute atomic E-state index is 0.0490. The van der Waals surface area contributed by atoms with Crippen LogP contribution in [-0.4, -0.2) is 46.4 Å². The summed E-state index contributed by atoms with van der Waals surface area (Å²) in [5.74, 6) is 0.535. The van der Waals surface area contributed by atoms with Crippen LogP contribution in [0.3, 0.4) is 0 Å². The first-order chi connectivity index (χ1) is 13.1. The van der Waals surface area contributed by atoms with Crippen LogP contribution in [0.2, 0.25) is 0 Å². The van der Waals surface area contributed by atoms with E-state index in [4.69, 9.17) is 9.47 Å². The van der Waals surface area contributed by atoms with Crippen molar-refractivity contribution >= 4 is 11.7 Å². The van der Waals surface area contributed by atoms with Crippen molar-refractivity contribution in [2.24, 2.45) is 11.8 Å². The molecular weight excluding hydrogens is 340 g/mol. The Balaban J connectivity index is 1.97. The molecule has 5 heteroatoms. The molecule has 1 aromatic carbocycles. The molecule has 2 heterocycles. The molecule has 27 heavy (non-hydrogen) atoms. The summed E-state index contributed by atoms with van der Waals surface area (Å²) in [7, 11) is 5.31. The van der Waals surface area contributed by atoms with E-state index in [0.29, 0.717) is 0 Å². The minimum atomic E-state index is -0.315. The van der Waals surface area contributed by atoms with Crippen LogP contribution in [0.15, 0.2) is 42.0 Å². The van der Waals surface area contributed by atoms with Crippen LogP contribution in [0.1, 0.15) is 18.9 Å². The van der Waals surface area contributed by atoms with Gasteiger partial charge in [-0.05, 0) is 31.5 Å². The van der Waals surface area contributed by atoms with Gasteiger partial charge in [0.05, 0.1) is 26.2 Å². The SMILES string of the molecule is CC=C1CNCC[C@]23c4ccc(OC)cc4N(C)[C@H]2C=C[C@H]1[C@@H]3C(=O)OC. The van der Waals surface area contributed by atoms with E-state index in [1.807, 2.05) is 6.07 Å². The van der Waals surface area contributed by atoms with E-state index in [1.165, 1.54) is 18.2 Å². The van der Waals surface area contributed by atoms with Crippen LogP contribution in [0.4, 0.5) is 5.69 Å². The number of methoxy groups -OCH3 is 2. The molecule has 0 aromatic heterocycles. The van der Waals surface area contributed by atoms with Gasteiger partial charge in [0.2, 0.25) is 0 Å². The largest absolute Gasteiger partial charge is 0.497 e. The first-order valence-corrected chi connectivity index (χ1v) is 9.61. The van der Waals surface area contributed by atoms with E-state index < -0.39 is 0 Å². The van der Waals surface area contributed by atoms with Crippen molar-refractivity contribution in [3.63, 3.8) is 0 Å². The number of carbonyl (C=O) groups is 1. The molecular formula is C22H28N2O3. The van der Waals surface area contributed by atoms with E-state index in [0.717, 1.165) is 30.9 Å². The highest BCUT2D eigenvalue weighted by molar-refractivity contribution is 5.81. The maximum atomic E-state index is 13.1. The van der Waals surface area contributed by atoms with Gasteiger partial charge < -0.3 is 19.7 Å². The number of rotatable bonds is 2. The van der Waals surface area contributed by atoms with Gasteiger partial charge in [-0.25, -0.2) is 0 Å². The molecule has 1 N–H and O–H groups in total. The summed E-state index contributed by atoms with van der Waals surface area (Å²) in [6.45, 7) is 3.73. The van der Waals surface area contributed by atoms with Crippen molar-refractivity contribution in [1.29, 1.82) is 0 Å². The average Bonchev–Trinajstić information content (AvgIpc) is 2.94. The number of allylic oxidation sites excluding steroid dienone is 2. The standard InChI is InChI=1S/C22H28N2O3/c1-5-14-13-23-11-10-22-17-8-6-15(26-3)12-18(17)24(2)19(22)9-7-16(14)20(22)21(25)27-4/h5-9,12,16,19-20,23H,10-11,13H2,1-4H3/t16-,19+,20-,22+/m1/s1. The fourth-order valence-corrected chi connectivity index (χ4v) is 5.49. The zero-order chi connectivity index (χ0) is 19.2. The Hall–Kier alpha value is -2.27. The quantitative estimate of drug-likeness (QED) is 0.642. The third-order valence-corrected chi connectivity index (χ3v) is 6.74. The van der Waals surface area contributed by atoms with E-state index in [1.54, 1.807) is 7.11 Å². The van der Waals surface area contributed by atoms with E-state index in [-0.39, 0.29) is 29.3 Å². The highest BCUT2D eigenvalue weighted by Crippen LogP contribution is 2.57. The summed E-state index contributed by atoms with van der Waals surface area (Å²) in [5.41, 5.74) is 3.30. The lowest BCUT2D eigenvalue weighted by Crippen LogP contribution is -2.57. The van der Waals surface area contributed by atoms with Gasteiger partial charge in [0.1, 0.15) is 5.75 Å². The number of esters is 1. The Morgan fingerprint density at radius 2 is 2.15 bits per heavy atom. The van der Waals surface area contributed by atoms with Crippen LogP contribution in [0.5, 0.6) is 5.75 Å².